The highest BCUT2D eigenvalue weighted by molar-refractivity contribution is 5.85. The van der Waals surface area contributed by atoms with E-state index in [4.69, 9.17) is 9.84 Å². The van der Waals surface area contributed by atoms with Gasteiger partial charge in [-0.15, -0.1) is 0 Å². The van der Waals surface area contributed by atoms with Crippen LogP contribution in [0.25, 0.3) is 6.08 Å². The highest BCUT2D eigenvalue weighted by atomic mass is 16.5. The van der Waals surface area contributed by atoms with Crippen molar-refractivity contribution in [2.24, 2.45) is 5.92 Å². The highest BCUT2D eigenvalue weighted by Gasteiger charge is 2.20. The van der Waals surface area contributed by atoms with Crippen molar-refractivity contribution in [2.75, 3.05) is 6.61 Å². The maximum atomic E-state index is 10.5. The number of ether oxygens (including phenoxy) is 1. The number of carboxylic acid groups (broad SMARTS) is 1. The van der Waals surface area contributed by atoms with E-state index in [0.717, 1.165) is 29.7 Å². The molecule has 0 spiro atoms. The molecule has 1 aromatic carbocycles. The zero-order valence-corrected chi connectivity index (χ0v) is 9.63. The molecule has 17 heavy (non-hydrogen) atoms. The van der Waals surface area contributed by atoms with Crippen LogP contribution in [0.2, 0.25) is 0 Å². The predicted octanol–water partition coefficient (Wildman–Crippen LogP) is 2.96. The molecule has 3 heteroatoms. The fourth-order valence-corrected chi connectivity index (χ4v) is 1.65. The lowest BCUT2D eigenvalue weighted by Crippen LogP contribution is -1.99. The Balaban J connectivity index is 1.96. The second-order valence-electron chi connectivity index (χ2n) is 4.29. The number of hydrogen-bond donors (Lipinski definition) is 1. The van der Waals surface area contributed by atoms with E-state index in [1.54, 1.807) is 6.08 Å². The first-order chi connectivity index (χ1) is 8.25. The summed E-state index contributed by atoms with van der Waals surface area (Å²) in [6.07, 6.45) is 6.43. The molecule has 90 valence electrons. The summed E-state index contributed by atoms with van der Waals surface area (Å²) in [6, 6.07) is 7.49. The summed E-state index contributed by atoms with van der Waals surface area (Å²) in [6.45, 7) is 0.711. The number of hydrogen-bond acceptors (Lipinski definition) is 2. The Labute approximate surface area is 101 Å². The van der Waals surface area contributed by atoms with Crippen molar-refractivity contribution in [3.63, 3.8) is 0 Å². The molecule has 0 radical (unpaired) electrons. The predicted molar refractivity (Wildman–Crippen MR) is 65.9 cm³/mol. The first-order valence-corrected chi connectivity index (χ1v) is 5.88. The van der Waals surface area contributed by atoms with Gasteiger partial charge in [0.2, 0.25) is 0 Å². The number of para-hydroxylation sites is 1. The van der Waals surface area contributed by atoms with Gasteiger partial charge in [0.1, 0.15) is 5.75 Å². The minimum Gasteiger partial charge on any atom is -0.493 e. The maximum Gasteiger partial charge on any atom is 0.328 e. The number of carbonyl (C=O) groups is 1. The lowest BCUT2D eigenvalue weighted by atomic mass is 10.2. The quantitative estimate of drug-likeness (QED) is 0.767. The Kier molecular flexibility index (Phi) is 3.81. The summed E-state index contributed by atoms with van der Waals surface area (Å²) in [5.74, 6) is 0.653. The third-order valence-electron chi connectivity index (χ3n) is 2.81. The number of aliphatic carboxylic acids is 1. The monoisotopic (exact) mass is 232 g/mol. The van der Waals surface area contributed by atoms with Gasteiger partial charge in [0.05, 0.1) is 6.61 Å². The molecule has 0 heterocycles. The van der Waals surface area contributed by atoms with Crippen LogP contribution in [0.4, 0.5) is 0 Å². The zero-order chi connectivity index (χ0) is 12.1. The lowest BCUT2D eigenvalue weighted by Gasteiger charge is -2.08. The van der Waals surface area contributed by atoms with Crippen LogP contribution in [0.5, 0.6) is 5.75 Å². The van der Waals surface area contributed by atoms with Gasteiger partial charge in [0.25, 0.3) is 0 Å². The Hall–Kier alpha value is -1.77. The van der Waals surface area contributed by atoms with E-state index in [9.17, 15) is 4.79 Å². The van der Waals surface area contributed by atoms with Crippen LogP contribution in [0, 0.1) is 5.92 Å². The summed E-state index contributed by atoms with van der Waals surface area (Å²) in [5, 5.41) is 8.60. The summed E-state index contributed by atoms with van der Waals surface area (Å²) >= 11 is 0. The summed E-state index contributed by atoms with van der Waals surface area (Å²) in [4.78, 5) is 10.5. The Morgan fingerprint density at radius 3 is 2.88 bits per heavy atom. The van der Waals surface area contributed by atoms with E-state index in [1.807, 2.05) is 24.3 Å². The maximum absolute atomic E-state index is 10.5. The van der Waals surface area contributed by atoms with Gasteiger partial charge in [-0.3, -0.25) is 0 Å². The fourth-order valence-electron chi connectivity index (χ4n) is 1.65. The molecule has 2 rings (SSSR count). The van der Waals surface area contributed by atoms with Gasteiger partial charge >= 0.3 is 5.97 Å². The van der Waals surface area contributed by atoms with Crippen molar-refractivity contribution >= 4 is 12.0 Å². The summed E-state index contributed by atoms with van der Waals surface area (Å²) in [7, 11) is 0. The van der Waals surface area contributed by atoms with Crippen molar-refractivity contribution < 1.29 is 14.6 Å². The molecule has 3 nitrogen and oxygen atoms in total. The van der Waals surface area contributed by atoms with Crippen LogP contribution in [0.3, 0.4) is 0 Å². The molecule has 0 aliphatic heterocycles. The van der Waals surface area contributed by atoms with Crippen molar-refractivity contribution in [1.29, 1.82) is 0 Å². The molecule has 1 aliphatic carbocycles. The summed E-state index contributed by atoms with van der Waals surface area (Å²) in [5.41, 5.74) is 0.811. The van der Waals surface area contributed by atoms with Gasteiger partial charge in [-0.25, -0.2) is 4.79 Å². The molecule has 1 N–H and O–H groups in total. The standard InChI is InChI=1S/C14H16O3/c15-14(16)8-7-12-3-1-2-4-13(12)17-10-9-11-5-6-11/h1-4,7-8,11H,5-6,9-10H2,(H,15,16). The minimum atomic E-state index is -0.946. The van der Waals surface area contributed by atoms with Gasteiger partial charge in [0, 0.05) is 11.6 Å². The highest BCUT2D eigenvalue weighted by Crippen LogP contribution is 2.32. The second-order valence-corrected chi connectivity index (χ2v) is 4.29. The zero-order valence-electron chi connectivity index (χ0n) is 9.63. The third-order valence-corrected chi connectivity index (χ3v) is 2.81. The molecular weight excluding hydrogens is 216 g/mol. The van der Waals surface area contributed by atoms with Crippen molar-refractivity contribution in [3.8, 4) is 5.75 Å². The molecule has 0 unspecified atom stereocenters. The SMILES string of the molecule is O=C(O)C=Cc1ccccc1OCCC1CC1. The minimum absolute atomic E-state index is 0.711. The first kappa shape index (κ1) is 11.7. The molecule has 0 saturated heterocycles. The number of carboxylic acids is 1. The molecule has 0 aromatic heterocycles. The average Bonchev–Trinajstić information content (AvgIpc) is 3.12. The lowest BCUT2D eigenvalue weighted by molar-refractivity contribution is -0.131. The molecule has 1 aromatic rings. The van der Waals surface area contributed by atoms with Crippen LogP contribution in [0.1, 0.15) is 24.8 Å². The molecule has 1 fully saturated rings. The van der Waals surface area contributed by atoms with E-state index in [0.29, 0.717) is 6.61 Å². The second kappa shape index (κ2) is 5.53. The first-order valence-electron chi connectivity index (χ1n) is 5.88. The normalized spacial score (nSPS) is 15.1. The molecule has 0 bridgehead atoms. The molecular formula is C14H16O3. The van der Waals surface area contributed by atoms with Crippen LogP contribution in [-0.2, 0) is 4.79 Å². The van der Waals surface area contributed by atoms with Gasteiger partial charge < -0.3 is 9.84 Å². The van der Waals surface area contributed by atoms with Crippen LogP contribution < -0.4 is 4.74 Å². The Morgan fingerprint density at radius 1 is 1.41 bits per heavy atom. The average molecular weight is 232 g/mol. The third kappa shape index (κ3) is 3.94. The van der Waals surface area contributed by atoms with E-state index in [-0.39, 0.29) is 0 Å². The van der Waals surface area contributed by atoms with Gasteiger partial charge in [-0.05, 0) is 24.5 Å². The Bertz CT molecular complexity index is 419. The molecule has 0 amide bonds. The largest absolute Gasteiger partial charge is 0.493 e. The molecule has 0 atom stereocenters. The Morgan fingerprint density at radius 2 is 2.18 bits per heavy atom. The smallest absolute Gasteiger partial charge is 0.328 e. The topological polar surface area (TPSA) is 46.5 Å². The number of rotatable bonds is 6. The van der Waals surface area contributed by atoms with Crippen molar-refractivity contribution in [3.05, 3.63) is 35.9 Å². The van der Waals surface area contributed by atoms with Crippen LogP contribution in [0.15, 0.2) is 30.3 Å². The van der Waals surface area contributed by atoms with E-state index < -0.39 is 5.97 Å². The fraction of sp³-hybridized carbons (Fsp3) is 0.357. The van der Waals surface area contributed by atoms with Gasteiger partial charge in [-0.2, -0.15) is 0 Å². The molecule has 1 aliphatic rings. The van der Waals surface area contributed by atoms with Crippen molar-refractivity contribution in [2.45, 2.75) is 19.3 Å². The van der Waals surface area contributed by atoms with Crippen molar-refractivity contribution in [1.82, 2.24) is 0 Å². The van der Waals surface area contributed by atoms with Gasteiger partial charge in [-0.1, -0.05) is 31.0 Å². The van der Waals surface area contributed by atoms with E-state index in [2.05, 4.69) is 0 Å². The van der Waals surface area contributed by atoms with E-state index >= 15 is 0 Å². The summed E-state index contributed by atoms with van der Waals surface area (Å²) < 4.78 is 5.68. The van der Waals surface area contributed by atoms with Gasteiger partial charge in [0.15, 0.2) is 0 Å². The van der Waals surface area contributed by atoms with Crippen LogP contribution >= 0.6 is 0 Å². The number of benzene rings is 1. The van der Waals surface area contributed by atoms with E-state index in [1.165, 1.54) is 12.8 Å². The molecule has 1 saturated carbocycles. The van der Waals surface area contributed by atoms with Crippen LogP contribution in [-0.4, -0.2) is 17.7 Å².